The standard InChI is InChI=1S/C9H15N3OS/c1-14-9-11-6-8(7-12-9)5-10-3-2-4-13/h6-7,10,13H,2-5H2,1H3. The molecule has 0 amide bonds. The summed E-state index contributed by atoms with van der Waals surface area (Å²) in [5.74, 6) is 0. The molecular formula is C9H15N3OS. The number of thioether (sulfide) groups is 1. The molecule has 0 aliphatic rings. The molecule has 0 aliphatic heterocycles. The molecule has 0 fully saturated rings. The predicted molar refractivity (Wildman–Crippen MR) is 57.2 cm³/mol. The van der Waals surface area contributed by atoms with Gasteiger partial charge in [-0.25, -0.2) is 9.97 Å². The zero-order valence-electron chi connectivity index (χ0n) is 8.23. The Morgan fingerprint density at radius 3 is 2.71 bits per heavy atom. The van der Waals surface area contributed by atoms with E-state index in [1.165, 1.54) is 11.8 Å². The summed E-state index contributed by atoms with van der Waals surface area (Å²) in [4.78, 5) is 8.32. The van der Waals surface area contributed by atoms with Crippen molar-refractivity contribution < 1.29 is 5.11 Å². The van der Waals surface area contributed by atoms with Crippen molar-refractivity contribution in [2.24, 2.45) is 0 Å². The normalized spacial score (nSPS) is 10.4. The third-order valence-corrected chi connectivity index (χ3v) is 2.28. The maximum absolute atomic E-state index is 8.56. The van der Waals surface area contributed by atoms with Crippen LogP contribution in [0.3, 0.4) is 0 Å². The largest absolute Gasteiger partial charge is 0.396 e. The van der Waals surface area contributed by atoms with Gasteiger partial charge in [-0.05, 0) is 19.2 Å². The second kappa shape index (κ2) is 6.75. The number of nitrogens with one attached hydrogen (secondary N) is 1. The van der Waals surface area contributed by atoms with Crippen LogP contribution in [0, 0.1) is 0 Å². The third kappa shape index (κ3) is 4.04. The Kier molecular flexibility index (Phi) is 5.51. The van der Waals surface area contributed by atoms with Crippen LogP contribution in [0.2, 0.25) is 0 Å². The second-order valence-electron chi connectivity index (χ2n) is 2.83. The first-order chi connectivity index (χ1) is 6.86. The van der Waals surface area contributed by atoms with Gasteiger partial charge in [0.15, 0.2) is 5.16 Å². The quantitative estimate of drug-likeness (QED) is 0.413. The van der Waals surface area contributed by atoms with Crippen molar-refractivity contribution in [3.05, 3.63) is 18.0 Å². The Morgan fingerprint density at radius 2 is 2.14 bits per heavy atom. The van der Waals surface area contributed by atoms with Crippen LogP contribution < -0.4 is 5.32 Å². The monoisotopic (exact) mass is 213 g/mol. The highest BCUT2D eigenvalue weighted by Crippen LogP contribution is 2.06. The zero-order chi connectivity index (χ0) is 10.2. The van der Waals surface area contributed by atoms with Gasteiger partial charge in [-0.3, -0.25) is 0 Å². The van der Waals surface area contributed by atoms with Gasteiger partial charge in [0.05, 0.1) is 0 Å². The molecule has 0 bridgehead atoms. The minimum atomic E-state index is 0.231. The Balaban J connectivity index is 2.29. The lowest BCUT2D eigenvalue weighted by Gasteiger charge is -2.03. The van der Waals surface area contributed by atoms with E-state index in [4.69, 9.17) is 5.11 Å². The van der Waals surface area contributed by atoms with Gasteiger partial charge < -0.3 is 10.4 Å². The maximum atomic E-state index is 8.56. The van der Waals surface area contributed by atoms with Gasteiger partial charge in [-0.1, -0.05) is 11.8 Å². The molecule has 0 saturated carbocycles. The molecule has 1 rings (SSSR count). The molecule has 1 aromatic heterocycles. The zero-order valence-corrected chi connectivity index (χ0v) is 9.05. The van der Waals surface area contributed by atoms with Crippen molar-refractivity contribution in [3.8, 4) is 0 Å². The first kappa shape index (κ1) is 11.4. The van der Waals surface area contributed by atoms with Crippen LogP contribution in [0.4, 0.5) is 0 Å². The molecule has 0 unspecified atom stereocenters. The van der Waals surface area contributed by atoms with Crippen LogP contribution in [0.15, 0.2) is 17.6 Å². The summed E-state index contributed by atoms with van der Waals surface area (Å²) in [6.45, 7) is 1.81. The van der Waals surface area contributed by atoms with Crippen molar-refractivity contribution in [1.29, 1.82) is 0 Å². The fraction of sp³-hybridized carbons (Fsp3) is 0.556. The second-order valence-corrected chi connectivity index (χ2v) is 3.61. The summed E-state index contributed by atoms with van der Waals surface area (Å²) >= 11 is 1.53. The molecule has 0 radical (unpaired) electrons. The van der Waals surface area contributed by atoms with E-state index in [2.05, 4.69) is 15.3 Å². The molecule has 0 saturated heterocycles. The van der Waals surface area contributed by atoms with Gasteiger partial charge in [0.2, 0.25) is 0 Å². The molecule has 2 N–H and O–H groups in total. The highest BCUT2D eigenvalue weighted by molar-refractivity contribution is 7.98. The van der Waals surface area contributed by atoms with Crippen LogP contribution in [-0.4, -0.2) is 34.5 Å². The topological polar surface area (TPSA) is 58.0 Å². The van der Waals surface area contributed by atoms with E-state index < -0.39 is 0 Å². The van der Waals surface area contributed by atoms with E-state index in [0.717, 1.165) is 30.2 Å². The number of hydrogen-bond donors (Lipinski definition) is 2. The Morgan fingerprint density at radius 1 is 1.43 bits per heavy atom. The molecule has 14 heavy (non-hydrogen) atoms. The lowest BCUT2D eigenvalue weighted by molar-refractivity contribution is 0.286. The summed E-state index contributed by atoms with van der Waals surface area (Å²) in [5, 5.41) is 12.6. The van der Waals surface area contributed by atoms with Crippen LogP contribution in [0.25, 0.3) is 0 Å². The average Bonchev–Trinajstić information content (AvgIpc) is 2.25. The highest BCUT2D eigenvalue weighted by atomic mass is 32.2. The molecule has 0 atom stereocenters. The minimum Gasteiger partial charge on any atom is -0.396 e. The van der Waals surface area contributed by atoms with Crippen molar-refractivity contribution in [2.75, 3.05) is 19.4 Å². The SMILES string of the molecule is CSc1ncc(CNCCCO)cn1. The van der Waals surface area contributed by atoms with Crippen molar-refractivity contribution in [2.45, 2.75) is 18.1 Å². The number of hydrogen-bond acceptors (Lipinski definition) is 5. The lowest BCUT2D eigenvalue weighted by atomic mass is 10.3. The molecule has 1 aromatic rings. The van der Waals surface area contributed by atoms with Crippen LogP contribution in [0.5, 0.6) is 0 Å². The number of aliphatic hydroxyl groups is 1. The number of nitrogens with zero attached hydrogens (tertiary/aromatic N) is 2. The van der Waals surface area contributed by atoms with Gasteiger partial charge in [-0.2, -0.15) is 0 Å². The number of aromatic nitrogens is 2. The van der Waals surface area contributed by atoms with Gasteiger partial charge in [0, 0.05) is 31.1 Å². The fourth-order valence-corrected chi connectivity index (χ4v) is 1.29. The van der Waals surface area contributed by atoms with Gasteiger partial charge in [-0.15, -0.1) is 0 Å². The summed E-state index contributed by atoms with van der Waals surface area (Å²) in [6, 6.07) is 0. The first-order valence-corrected chi connectivity index (χ1v) is 5.75. The van der Waals surface area contributed by atoms with E-state index in [0.29, 0.717) is 0 Å². The number of rotatable bonds is 6. The van der Waals surface area contributed by atoms with Crippen molar-refractivity contribution in [3.63, 3.8) is 0 Å². The Labute approximate surface area is 88.2 Å². The average molecular weight is 213 g/mol. The Bertz CT molecular complexity index is 253. The Hall–Kier alpha value is -0.650. The fourth-order valence-electron chi connectivity index (χ4n) is 0.976. The highest BCUT2D eigenvalue weighted by Gasteiger charge is 1.95. The van der Waals surface area contributed by atoms with Gasteiger partial charge >= 0.3 is 0 Å². The minimum absolute atomic E-state index is 0.231. The van der Waals surface area contributed by atoms with E-state index >= 15 is 0 Å². The molecule has 78 valence electrons. The van der Waals surface area contributed by atoms with E-state index in [-0.39, 0.29) is 6.61 Å². The van der Waals surface area contributed by atoms with Crippen LogP contribution in [-0.2, 0) is 6.54 Å². The maximum Gasteiger partial charge on any atom is 0.187 e. The number of aliphatic hydroxyl groups excluding tert-OH is 1. The molecule has 0 aromatic carbocycles. The van der Waals surface area contributed by atoms with E-state index in [1.807, 2.05) is 18.6 Å². The van der Waals surface area contributed by atoms with Gasteiger partial charge in [0.1, 0.15) is 0 Å². The van der Waals surface area contributed by atoms with Crippen LogP contribution >= 0.6 is 11.8 Å². The van der Waals surface area contributed by atoms with Crippen molar-refractivity contribution in [1.82, 2.24) is 15.3 Å². The molecule has 4 nitrogen and oxygen atoms in total. The van der Waals surface area contributed by atoms with Gasteiger partial charge in [0.25, 0.3) is 0 Å². The van der Waals surface area contributed by atoms with Crippen molar-refractivity contribution >= 4 is 11.8 Å². The summed E-state index contributed by atoms with van der Waals surface area (Å²) < 4.78 is 0. The lowest BCUT2D eigenvalue weighted by Crippen LogP contribution is -2.15. The smallest absolute Gasteiger partial charge is 0.187 e. The summed E-state index contributed by atoms with van der Waals surface area (Å²) in [5.41, 5.74) is 1.07. The molecule has 1 heterocycles. The molecule has 0 aliphatic carbocycles. The third-order valence-electron chi connectivity index (χ3n) is 1.70. The predicted octanol–water partition coefficient (Wildman–Crippen LogP) is 0.670. The molecule has 0 spiro atoms. The van der Waals surface area contributed by atoms with E-state index in [9.17, 15) is 0 Å². The summed E-state index contributed by atoms with van der Waals surface area (Å²) in [6.07, 6.45) is 6.38. The summed E-state index contributed by atoms with van der Waals surface area (Å²) in [7, 11) is 0. The molecular weight excluding hydrogens is 198 g/mol. The van der Waals surface area contributed by atoms with E-state index in [1.54, 1.807) is 0 Å². The molecule has 5 heteroatoms. The van der Waals surface area contributed by atoms with Crippen LogP contribution in [0.1, 0.15) is 12.0 Å². The first-order valence-electron chi connectivity index (χ1n) is 4.53.